The van der Waals surface area contributed by atoms with Crippen molar-refractivity contribution in [2.24, 2.45) is 0 Å². The number of fused-ring (bicyclic) bond motifs is 1. The van der Waals surface area contributed by atoms with Gasteiger partial charge >= 0.3 is 0 Å². The number of rotatable bonds is 5. The summed E-state index contributed by atoms with van der Waals surface area (Å²) in [5.74, 6) is -0.222. The van der Waals surface area contributed by atoms with Crippen LogP contribution in [0.25, 0.3) is 10.2 Å². The molecule has 0 aromatic carbocycles. The molecule has 0 radical (unpaired) electrons. The molecule has 0 fully saturated rings. The summed E-state index contributed by atoms with van der Waals surface area (Å²) >= 11 is 1.26. The number of nitrogen functional groups attached to an aromatic ring is 1. The highest BCUT2D eigenvalue weighted by Crippen LogP contribution is 2.32. The minimum Gasteiger partial charge on any atom is -0.397 e. The Morgan fingerprint density at radius 1 is 1.65 bits per heavy atom. The zero-order valence-electron chi connectivity index (χ0n) is 11.4. The van der Waals surface area contributed by atoms with Gasteiger partial charge in [-0.2, -0.15) is 0 Å². The predicted octanol–water partition coefficient (Wildman–Crippen LogP) is 0.958. The quantitative estimate of drug-likeness (QED) is 0.857. The van der Waals surface area contributed by atoms with Crippen LogP contribution >= 0.6 is 11.3 Å². The van der Waals surface area contributed by atoms with Crippen molar-refractivity contribution in [2.45, 2.75) is 6.10 Å². The summed E-state index contributed by atoms with van der Waals surface area (Å²) in [6.45, 7) is 0.370. The Bertz CT molecular complexity index is 614. The number of aliphatic hydroxyl groups is 1. The number of amides is 1. The van der Waals surface area contributed by atoms with E-state index in [1.165, 1.54) is 23.3 Å². The van der Waals surface area contributed by atoms with Crippen LogP contribution in [0.3, 0.4) is 0 Å². The summed E-state index contributed by atoms with van der Waals surface area (Å²) in [6.07, 6.45) is 0.946. The van der Waals surface area contributed by atoms with E-state index in [4.69, 9.17) is 10.5 Å². The third kappa shape index (κ3) is 2.90. The molecule has 2 aromatic heterocycles. The highest BCUT2D eigenvalue weighted by Gasteiger charge is 2.21. The van der Waals surface area contributed by atoms with Crippen LogP contribution in [0.2, 0.25) is 0 Å². The van der Waals surface area contributed by atoms with Gasteiger partial charge in [0.1, 0.15) is 9.71 Å². The Balaban J connectivity index is 2.20. The number of hydrogen-bond donors (Lipinski definition) is 2. The highest BCUT2D eigenvalue weighted by molar-refractivity contribution is 7.21. The molecule has 3 N–H and O–H groups in total. The lowest BCUT2D eigenvalue weighted by molar-refractivity contribution is 0.0382. The number of anilines is 1. The first kappa shape index (κ1) is 14.7. The fraction of sp³-hybridized carbons (Fsp3) is 0.385. The van der Waals surface area contributed by atoms with Crippen LogP contribution in [0, 0.1) is 0 Å². The third-order valence-electron chi connectivity index (χ3n) is 2.89. The fourth-order valence-electron chi connectivity index (χ4n) is 1.93. The van der Waals surface area contributed by atoms with E-state index in [1.807, 2.05) is 6.07 Å². The second kappa shape index (κ2) is 6.17. The molecular weight excluding hydrogens is 278 g/mol. The molecule has 2 heterocycles. The molecule has 0 aliphatic heterocycles. The monoisotopic (exact) mass is 295 g/mol. The van der Waals surface area contributed by atoms with Gasteiger partial charge in [-0.05, 0) is 12.1 Å². The van der Waals surface area contributed by atoms with Crippen LogP contribution < -0.4 is 5.73 Å². The van der Waals surface area contributed by atoms with E-state index in [9.17, 15) is 9.90 Å². The summed E-state index contributed by atoms with van der Waals surface area (Å²) in [7, 11) is 3.12. The summed E-state index contributed by atoms with van der Waals surface area (Å²) in [5.41, 5.74) is 6.44. The number of carbonyl (C=O) groups excluding carboxylic acids is 1. The van der Waals surface area contributed by atoms with Gasteiger partial charge in [0, 0.05) is 32.3 Å². The first-order chi connectivity index (χ1) is 9.54. The first-order valence-electron chi connectivity index (χ1n) is 6.10. The molecule has 0 aliphatic rings. The van der Waals surface area contributed by atoms with Crippen LogP contribution in [0.15, 0.2) is 18.3 Å². The molecule has 6 nitrogen and oxygen atoms in total. The number of ether oxygens (including phenoxy) is 1. The molecule has 0 bridgehead atoms. The zero-order chi connectivity index (χ0) is 14.7. The molecule has 7 heteroatoms. The number of carbonyl (C=O) groups is 1. The van der Waals surface area contributed by atoms with Crippen LogP contribution in [0.5, 0.6) is 0 Å². The topological polar surface area (TPSA) is 88.7 Å². The molecule has 0 aliphatic carbocycles. The maximum atomic E-state index is 12.4. The van der Waals surface area contributed by atoms with Crippen molar-refractivity contribution in [1.82, 2.24) is 9.88 Å². The second-order valence-electron chi connectivity index (χ2n) is 4.50. The van der Waals surface area contributed by atoms with Crippen molar-refractivity contribution in [3.05, 3.63) is 23.2 Å². The fourth-order valence-corrected chi connectivity index (χ4v) is 2.99. The maximum Gasteiger partial charge on any atom is 0.265 e. The predicted molar refractivity (Wildman–Crippen MR) is 78.9 cm³/mol. The number of hydrogen-bond acceptors (Lipinski definition) is 6. The molecule has 0 saturated heterocycles. The summed E-state index contributed by atoms with van der Waals surface area (Å²) in [5, 5.41) is 10.4. The van der Waals surface area contributed by atoms with E-state index in [-0.39, 0.29) is 19.1 Å². The molecule has 0 saturated carbocycles. The van der Waals surface area contributed by atoms with Crippen molar-refractivity contribution < 1.29 is 14.6 Å². The lowest BCUT2D eigenvalue weighted by Gasteiger charge is -2.20. The van der Waals surface area contributed by atoms with Gasteiger partial charge in [0.05, 0.1) is 18.4 Å². The summed E-state index contributed by atoms with van der Waals surface area (Å²) < 4.78 is 4.84. The average Bonchev–Trinajstić information content (AvgIpc) is 2.76. The Kier molecular flexibility index (Phi) is 4.53. The van der Waals surface area contributed by atoms with Gasteiger partial charge in [-0.3, -0.25) is 4.79 Å². The zero-order valence-corrected chi connectivity index (χ0v) is 12.2. The lowest BCUT2D eigenvalue weighted by Crippen LogP contribution is -2.36. The minimum absolute atomic E-state index is 0.182. The second-order valence-corrected chi connectivity index (χ2v) is 5.49. The number of likely N-dealkylation sites (N-methyl/N-ethyl adjacent to an activating group) is 1. The maximum absolute atomic E-state index is 12.4. The smallest absolute Gasteiger partial charge is 0.265 e. The van der Waals surface area contributed by atoms with Crippen LogP contribution in [0.4, 0.5) is 5.69 Å². The molecule has 20 heavy (non-hydrogen) atoms. The summed E-state index contributed by atoms with van der Waals surface area (Å²) in [4.78, 5) is 19.2. The van der Waals surface area contributed by atoms with E-state index < -0.39 is 6.10 Å². The van der Waals surface area contributed by atoms with Gasteiger partial charge in [0.2, 0.25) is 0 Å². The first-order valence-corrected chi connectivity index (χ1v) is 6.91. The van der Waals surface area contributed by atoms with E-state index in [2.05, 4.69) is 4.98 Å². The van der Waals surface area contributed by atoms with Gasteiger partial charge in [-0.15, -0.1) is 11.3 Å². The SMILES string of the molecule is COCC(O)CN(C)C(=O)c1sc2ncccc2c1N. The molecular formula is C13H17N3O3S. The average molecular weight is 295 g/mol. The van der Waals surface area contributed by atoms with Crippen molar-refractivity contribution in [2.75, 3.05) is 33.0 Å². The largest absolute Gasteiger partial charge is 0.397 e. The van der Waals surface area contributed by atoms with Gasteiger partial charge in [-0.25, -0.2) is 4.98 Å². The van der Waals surface area contributed by atoms with E-state index >= 15 is 0 Å². The van der Waals surface area contributed by atoms with Crippen molar-refractivity contribution in [3.8, 4) is 0 Å². The molecule has 108 valence electrons. The van der Waals surface area contributed by atoms with Gasteiger partial charge in [0.15, 0.2) is 0 Å². The Hall–Kier alpha value is -1.70. The Labute approximate surface area is 120 Å². The highest BCUT2D eigenvalue weighted by atomic mass is 32.1. The molecule has 0 spiro atoms. The number of methoxy groups -OCH3 is 1. The number of nitrogens with zero attached hydrogens (tertiary/aromatic N) is 2. The Morgan fingerprint density at radius 3 is 3.05 bits per heavy atom. The van der Waals surface area contributed by atoms with Crippen molar-refractivity contribution in [3.63, 3.8) is 0 Å². The van der Waals surface area contributed by atoms with E-state index in [0.29, 0.717) is 10.6 Å². The third-order valence-corrected chi connectivity index (χ3v) is 4.01. The van der Waals surface area contributed by atoms with Crippen LogP contribution in [-0.4, -0.2) is 54.3 Å². The lowest BCUT2D eigenvalue weighted by atomic mass is 10.2. The number of pyridine rings is 1. The molecule has 1 atom stereocenters. The number of aliphatic hydroxyl groups excluding tert-OH is 1. The number of nitrogens with two attached hydrogens (primary N) is 1. The Morgan fingerprint density at radius 2 is 2.40 bits per heavy atom. The van der Waals surface area contributed by atoms with Gasteiger partial charge in [-0.1, -0.05) is 0 Å². The van der Waals surface area contributed by atoms with Crippen molar-refractivity contribution >= 4 is 33.1 Å². The molecule has 1 amide bonds. The number of thiophene rings is 1. The standard InChI is InChI=1S/C13H17N3O3S/c1-16(6-8(17)7-19-2)13(18)11-10(14)9-4-3-5-15-12(9)20-11/h3-5,8,17H,6-7,14H2,1-2H3. The van der Waals surface area contributed by atoms with Crippen molar-refractivity contribution in [1.29, 1.82) is 0 Å². The minimum atomic E-state index is -0.720. The van der Waals surface area contributed by atoms with E-state index in [1.54, 1.807) is 19.3 Å². The normalized spacial score (nSPS) is 12.6. The number of aromatic nitrogens is 1. The molecule has 2 rings (SSSR count). The van der Waals surface area contributed by atoms with Gasteiger partial charge < -0.3 is 20.5 Å². The van der Waals surface area contributed by atoms with Crippen LogP contribution in [0.1, 0.15) is 9.67 Å². The molecule has 1 unspecified atom stereocenters. The summed E-state index contributed by atoms with van der Waals surface area (Å²) in [6, 6.07) is 3.62. The van der Waals surface area contributed by atoms with Crippen LogP contribution in [-0.2, 0) is 4.74 Å². The van der Waals surface area contributed by atoms with E-state index in [0.717, 1.165) is 10.2 Å². The molecule has 2 aromatic rings. The van der Waals surface area contributed by atoms with Gasteiger partial charge in [0.25, 0.3) is 5.91 Å².